The van der Waals surface area contributed by atoms with Gasteiger partial charge in [-0.05, 0) is 41.1 Å². The van der Waals surface area contributed by atoms with Gasteiger partial charge in [0.2, 0.25) is 0 Å². The van der Waals surface area contributed by atoms with E-state index < -0.39 is 0 Å². The van der Waals surface area contributed by atoms with Gasteiger partial charge in [0.1, 0.15) is 6.61 Å². The van der Waals surface area contributed by atoms with Crippen molar-refractivity contribution in [1.29, 1.82) is 0 Å². The molecule has 2 aromatic rings. The Morgan fingerprint density at radius 1 is 1.25 bits per heavy atom. The summed E-state index contributed by atoms with van der Waals surface area (Å²) in [5, 5.41) is 3.91. The van der Waals surface area contributed by atoms with Crippen molar-refractivity contribution in [2.24, 2.45) is 0 Å². The van der Waals surface area contributed by atoms with Crippen molar-refractivity contribution < 1.29 is 9.53 Å². The minimum Gasteiger partial charge on any atom is -0.457 e. The van der Waals surface area contributed by atoms with Gasteiger partial charge in [-0.3, -0.25) is 0 Å². The summed E-state index contributed by atoms with van der Waals surface area (Å²) in [7, 11) is 0. The SMILES string of the molecule is Nc1ccc(C(=O)OCc2ccsc2)cc1. The zero-order valence-electron chi connectivity index (χ0n) is 8.55. The fourth-order valence-electron chi connectivity index (χ4n) is 1.23. The summed E-state index contributed by atoms with van der Waals surface area (Å²) in [5.74, 6) is -0.328. The molecule has 0 fully saturated rings. The Morgan fingerprint density at radius 3 is 2.62 bits per heavy atom. The van der Waals surface area contributed by atoms with Crippen molar-refractivity contribution in [3.05, 3.63) is 52.2 Å². The molecule has 16 heavy (non-hydrogen) atoms. The van der Waals surface area contributed by atoms with Crippen LogP contribution in [0, 0.1) is 0 Å². The molecular weight excluding hydrogens is 222 g/mol. The molecule has 0 saturated carbocycles. The molecule has 0 amide bonds. The van der Waals surface area contributed by atoms with E-state index in [0.717, 1.165) is 5.56 Å². The van der Waals surface area contributed by atoms with Crippen LogP contribution in [0.15, 0.2) is 41.1 Å². The maximum atomic E-state index is 11.6. The first-order chi connectivity index (χ1) is 7.75. The minimum atomic E-state index is -0.328. The molecule has 1 aromatic heterocycles. The van der Waals surface area contributed by atoms with Crippen LogP contribution in [0.4, 0.5) is 5.69 Å². The Morgan fingerprint density at radius 2 is 2.00 bits per heavy atom. The number of carbonyl (C=O) groups is 1. The number of nitrogen functional groups attached to an aromatic ring is 1. The lowest BCUT2D eigenvalue weighted by Gasteiger charge is -2.03. The number of esters is 1. The second kappa shape index (κ2) is 4.81. The van der Waals surface area contributed by atoms with Crippen LogP contribution in [0.2, 0.25) is 0 Å². The summed E-state index contributed by atoms with van der Waals surface area (Å²) in [4.78, 5) is 11.6. The summed E-state index contributed by atoms with van der Waals surface area (Å²) in [5.41, 5.74) is 7.69. The van der Waals surface area contributed by atoms with Crippen LogP contribution < -0.4 is 5.73 Å². The molecule has 0 atom stereocenters. The number of ether oxygens (including phenoxy) is 1. The summed E-state index contributed by atoms with van der Waals surface area (Å²) in [6.45, 7) is 0.312. The summed E-state index contributed by atoms with van der Waals surface area (Å²) in [6.07, 6.45) is 0. The highest BCUT2D eigenvalue weighted by atomic mass is 32.1. The predicted molar refractivity (Wildman–Crippen MR) is 64.3 cm³/mol. The Balaban J connectivity index is 1.95. The zero-order chi connectivity index (χ0) is 11.4. The van der Waals surface area contributed by atoms with Crippen molar-refractivity contribution in [1.82, 2.24) is 0 Å². The van der Waals surface area contributed by atoms with E-state index in [1.165, 1.54) is 0 Å². The lowest BCUT2D eigenvalue weighted by Crippen LogP contribution is -2.04. The van der Waals surface area contributed by atoms with Crippen LogP contribution in [0.5, 0.6) is 0 Å². The number of thiophene rings is 1. The number of nitrogens with two attached hydrogens (primary N) is 1. The van der Waals surface area contributed by atoms with E-state index in [9.17, 15) is 4.79 Å². The van der Waals surface area contributed by atoms with Gasteiger partial charge in [-0.2, -0.15) is 11.3 Å². The van der Waals surface area contributed by atoms with Gasteiger partial charge in [0.15, 0.2) is 0 Å². The fourth-order valence-corrected chi connectivity index (χ4v) is 1.88. The zero-order valence-corrected chi connectivity index (χ0v) is 9.37. The molecule has 0 bridgehead atoms. The lowest BCUT2D eigenvalue weighted by molar-refractivity contribution is 0.0473. The molecule has 1 heterocycles. The van der Waals surface area contributed by atoms with E-state index >= 15 is 0 Å². The van der Waals surface area contributed by atoms with Crippen LogP contribution in [-0.4, -0.2) is 5.97 Å². The van der Waals surface area contributed by atoms with Crippen LogP contribution >= 0.6 is 11.3 Å². The number of hydrogen-bond donors (Lipinski definition) is 1. The standard InChI is InChI=1S/C12H11NO2S/c13-11-3-1-10(2-4-11)12(14)15-7-9-5-6-16-8-9/h1-6,8H,7,13H2. The van der Waals surface area contributed by atoms with Gasteiger partial charge in [0, 0.05) is 11.3 Å². The first-order valence-corrected chi connectivity index (χ1v) is 5.74. The van der Waals surface area contributed by atoms with Crippen LogP contribution in [0.1, 0.15) is 15.9 Å². The number of rotatable bonds is 3. The van der Waals surface area contributed by atoms with Crippen molar-refractivity contribution in [2.45, 2.75) is 6.61 Å². The maximum Gasteiger partial charge on any atom is 0.338 e. The Labute approximate surface area is 97.5 Å². The fraction of sp³-hybridized carbons (Fsp3) is 0.0833. The molecule has 2 N–H and O–H groups in total. The molecule has 0 aliphatic carbocycles. The molecule has 0 radical (unpaired) electrons. The smallest absolute Gasteiger partial charge is 0.338 e. The lowest BCUT2D eigenvalue weighted by atomic mass is 10.2. The topological polar surface area (TPSA) is 52.3 Å². The molecule has 0 saturated heterocycles. The average molecular weight is 233 g/mol. The van der Waals surface area contributed by atoms with E-state index in [1.807, 2.05) is 16.8 Å². The van der Waals surface area contributed by atoms with E-state index in [4.69, 9.17) is 10.5 Å². The third-order valence-corrected chi connectivity index (χ3v) is 2.83. The summed E-state index contributed by atoms with van der Waals surface area (Å²) < 4.78 is 5.14. The third kappa shape index (κ3) is 2.61. The van der Waals surface area contributed by atoms with Crippen molar-refractivity contribution in [2.75, 3.05) is 5.73 Å². The number of carbonyl (C=O) groups excluding carboxylic acids is 1. The summed E-state index contributed by atoms with van der Waals surface area (Å²) in [6, 6.07) is 8.61. The van der Waals surface area contributed by atoms with E-state index in [1.54, 1.807) is 35.6 Å². The highest BCUT2D eigenvalue weighted by molar-refractivity contribution is 7.07. The highest BCUT2D eigenvalue weighted by Gasteiger charge is 2.06. The monoisotopic (exact) mass is 233 g/mol. The molecule has 0 unspecified atom stereocenters. The van der Waals surface area contributed by atoms with Gasteiger partial charge in [0.25, 0.3) is 0 Å². The van der Waals surface area contributed by atoms with Gasteiger partial charge in [-0.15, -0.1) is 0 Å². The normalized spacial score (nSPS) is 10.0. The van der Waals surface area contributed by atoms with Crippen LogP contribution in [-0.2, 0) is 11.3 Å². The first kappa shape index (κ1) is 10.7. The molecule has 1 aromatic carbocycles. The third-order valence-electron chi connectivity index (χ3n) is 2.10. The van der Waals surface area contributed by atoms with Gasteiger partial charge in [-0.1, -0.05) is 0 Å². The second-order valence-corrected chi connectivity index (χ2v) is 4.11. The largest absolute Gasteiger partial charge is 0.457 e. The second-order valence-electron chi connectivity index (χ2n) is 3.33. The molecule has 3 nitrogen and oxygen atoms in total. The molecule has 0 spiro atoms. The van der Waals surface area contributed by atoms with Crippen LogP contribution in [0.25, 0.3) is 0 Å². The predicted octanol–water partition coefficient (Wildman–Crippen LogP) is 2.69. The van der Waals surface area contributed by atoms with E-state index in [-0.39, 0.29) is 5.97 Å². The minimum absolute atomic E-state index is 0.312. The van der Waals surface area contributed by atoms with E-state index in [2.05, 4.69) is 0 Å². The average Bonchev–Trinajstić information content (AvgIpc) is 2.80. The van der Waals surface area contributed by atoms with Crippen molar-refractivity contribution in [3.8, 4) is 0 Å². The molecule has 0 aliphatic heterocycles. The van der Waals surface area contributed by atoms with Gasteiger partial charge in [-0.25, -0.2) is 4.79 Å². The number of anilines is 1. The van der Waals surface area contributed by atoms with Gasteiger partial charge in [0.05, 0.1) is 5.56 Å². The Kier molecular flexibility index (Phi) is 3.22. The van der Waals surface area contributed by atoms with Gasteiger partial charge < -0.3 is 10.5 Å². The van der Waals surface area contributed by atoms with Crippen LogP contribution in [0.3, 0.4) is 0 Å². The van der Waals surface area contributed by atoms with Crippen molar-refractivity contribution >= 4 is 23.0 Å². The molecule has 4 heteroatoms. The van der Waals surface area contributed by atoms with Crippen molar-refractivity contribution in [3.63, 3.8) is 0 Å². The quantitative estimate of drug-likeness (QED) is 0.655. The summed E-state index contributed by atoms with van der Waals surface area (Å²) >= 11 is 1.58. The molecular formula is C12H11NO2S. The molecule has 82 valence electrons. The first-order valence-electron chi connectivity index (χ1n) is 4.79. The maximum absolute atomic E-state index is 11.6. The number of hydrogen-bond acceptors (Lipinski definition) is 4. The van der Waals surface area contributed by atoms with E-state index in [0.29, 0.717) is 17.9 Å². The Bertz CT molecular complexity index is 462. The molecule has 2 rings (SSSR count). The van der Waals surface area contributed by atoms with Gasteiger partial charge >= 0.3 is 5.97 Å². The Hall–Kier alpha value is -1.81. The number of benzene rings is 1. The highest BCUT2D eigenvalue weighted by Crippen LogP contribution is 2.10. The molecule has 0 aliphatic rings.